The van der Waals surface area contributed by atoms with Crippen LogP contribution in [-0.4, -0.2) is 32.3 Å². The number of nitrogens with one attached hydrogen (secondary N) is 1. The molecule has 4 heteroatoms. The van der Waals surface area contributed by atoms with Gasteiger partial charge in [-0.1, -0.05) is 6.07 Å². The van der Waals surface area contributed by atoms with Gasteiger partial charge in [-0.05, 0) is 24.6 Å². The standard InChI is InChI=1S/C11H18FN3/c1-15(2)11-5-4-10(9-14-11)8-13-7-3-6-12/h4-5,9,13H,3,6-8H2,1-2H3. The molecule has 0 bridgehead atoms. The SMILES string of the molecule is CN(C)c1ccc(CNCCCF)cn1. The Morgan fingerprint density at radius 2 is 2.20 bits per heavy atom. The highest BCUT2D eigenvalue weighted by molar-refractivity contribution is 5.37. The predicted octanol–water partition coefficient (Wildman–Crippen LogP) is 1.60. The first-order valence-corrected chi connectivity index (χ1v) is 5.13. The molecule has 1 aromatic rings. The number of halogens is 1. The summed E-state index contributed by atoms with van der Waals surface area (Å²) < 4.78 is 11.8. The second kappa shape index (κ2) is 6.35. The lowest BCUT2D eigenvalue weighted by atomic mass is 10.2. The highest BCUT2D eigenvalue weighted by Crippen LogP contribution is 2.07. The van der Waals surface area contributed by atoms with Gasteiger partial charge in [0.2, 0.25) is 0 Å². The lowest BCUT2D eigenvalue weighted by Gasteiger charge is -2.11. The third-order valence-corrected chi connectivity index (χ3v) is 2.08. The minimum Gasteiger partial charge on any atom is -0.363 e. The summed E-state index contributed by atoms with van der Waals surface area (Å²) in [6.45, 7) is 1.21. The van der Waals surface area contributed by atoms with E-state index >= 15 is 0 Å². The van der Waals surface area contributed by atoms with Gasteiger partial charge in [-0.2, -0.15) is 0 Å². The number of pyridine rings is 1. The molecule has 0 saturated heterocycles. The van der Waals surface area contributed by atoms with Gasteiger partial charge in [0.15, 0.2) is 0 Å². The van der Waals surface area contributed by atoms with Crippen LogP contribution in [0.2, 0.25) is 0 Å². The van der Waals surface area contributed by atoms with Crippen LogP contribution in [0.15, 0.2) is 18.3 Å². The molecule has 1 N–H and O–H groups in total. The molecule has 1 rings (SSSR count). The molecule has 0 aliphatic heterocycles. The van der Waals surface area contributed by atoms with Crippen molar-refractivity contribution in [2.24, 2.45) is 0 Å². The van der Waals surface area contributed by atoms with Crippen LogP contribution in [0.1, 0.15) is 12.0 Å². The molecule has 0 aromatic carbocycles. The number of rotatable bonds is 6. The number of hydrogen-bond acceptors (Lipinski definition) is 3. The minimum atomic E-state index is -0.259. The highest BCUT2D eigenvalue weighted by atomic mass is 19.1. The zero-order valence-corrected chi connectivity index (χ0v) is 9.33. The van der Waals surface area contributed by atoms with Crippen molar-refractivity contribution in [1.29, 1.82) is 0 Å². The van der Waals surface area contributed by atoms with Crippen molar-refractivity contribution in [3.8, 4) is 0 Å². The average molecular weight is 211 g/mol. The third kappa shape index (κ3) is 4.25. The smallest absolute Gasteiger partial charge is 0.127 e. The first-order chi connectivity index (χ1) is 7.24. The average Bonchev–Trinajstić information content (AvgIpc) is 2.25. The van der Waals surface area contributed by atoms with E-state index in [1.807, 2.05) is 37.3 Å². The third-order valence-electron chi connectivity index (χ3n) is 2.08. The summed E-state index contributed by atoms with van der Waals surface area (Å²) in [6, 6.07) is 4.01. The maximum absolute atomic E-state index is 11.8. The molecule has 0 aliphatic carbocycles. The molecular formula is C11H18FN3. The van der Waals surface area contributed by atoms with Crippen LogP contribution in [0.25, 0.3) is 0 Å². The van der Waals surface area contributed by atoms with Crippen molar-refractivity contribution < 1.29 is 4.39 Å². The number of aromatic nitrogens is 1. The summed E-state index contributed by atoms with van der Waals surface area (Å²) in [4.78, 5) is 6.25. The van der Waals surface area contributed by atoms with Gasteiger partial charge in [0.1, 0.15) is 5.82 Å². The number of hydrogen-bond donors (Lipinski definition) is 1. The molecule has 1 aromatic heterocycles. The molecule has 0 unspecified atom stereocenters. The van der Waals surface area contributed by atoms with Gasteiger partial charge in [-0.15, -0.1) is 0 Å². The van der Waals surface area contributed by atoms with Gasteiger partial charge in [0, 0.05) is 26.8 Å². The Kier molecular flexibility index (Phi) is 5.04. The van der Waals surface area contributed by atoms with E-state index in [1.54, 1.807) is 0 Å². The fraction of sp³-hybridized carbons (Fsp3) is 0.545. The van der Waals surface area contributed by atoms with Gasteiger partial charge in [-0.25, -0.2) is 4.98 Å². The summed E-state index contributed by atoms with van der Waals surface area (Å²) in [7, 11) is 3.92. The van der Waals surface area contributed by atoms with Crippen LogP contribution in [0, 0.1) is 0 Å². The zero-order valence-electron chi connectivity index (χ0n) is 9.33. The molecule has 0 aliphatic rings. The number of anilines is 1. The Morgan fingerprint density at radius 3 is 2.73 bits per heavy atom. The highest BCUT2D eigenvalue weighted by Gasteiger charge is 1.97. The van der Waals surface area contributed by atoms with E-state index in [9.17, 15) is 4.39 Å². The molecule has 15 heavy (non-hydrogen) atoms. The van der Waals surface area contributed by atoms with Crippen molar-refractivity contribution >= 4 is 5.82 Å². The summed E-state index contributed by atoms with van der Waals surface area (Å²) in [5, 5.41) is 3.16. The van der Waals surface area contributed by atoms with Crippen molar-refractivity contribution in [2.75, 3.05) is 32.2 Å². The van der Waals surface area contributed by atoms with Crippen LogP contribution < -0.4 is 10.2 Å². The quantitative estimate of drug-likeness (QED) is 0.724. The maximum atomic E-state index is 11.8. The summed E-state index contributed by atoms with van der Waals surface area (Å²) in [5.74, 6) is 0.947. The maximum Gasteiger partial charge on any atom is 0.127 e. The Bertz CT molecular complexity index is 272. The molecule has 0 radical (unpaired) electrons. The monoisotopic (exact) mass is 211 g/mol. The Hall–Kier alpha value is -1.16. The van der Waals surface area contributed by atoms with Crippen molar-refractivity contribution in [3.63, 3.8) is 0 Å². The van der Waals surface area contributed by atoms with E-state index in [1.165, 1.54) is 0 Å². The lowest BCUT2D eigenvalue weighted by Crippen LogP contribution is -2.16. The van der Waals surface area contributed by atoms with E-state index in [2.05, 4.69) is 10.3 Å². The Morgan fingerprint density at radius 1 is 1.40 bits per heavy atom. The van der Waals surface area contributed by atoms with Crippen molar-refractivity contribution in [2.45, 2.75) is 13.0 Å². The van der Waals surface area contributed by atoms with Gasteiger partial charge in [0.05, 0.1) is 6.67 Å². The fourth-order valence-corrected chi connectivity index (χ4v) is 1.21. The molecule has 0 amide bonds. The summed E-state index contributed by atoms with van der Waals surface area (Å²) >= 11 is 0. The van der Waals surface area contributed by atoms with Gasteiger partial charge < -0.3 is 10.2 Å². The molecule has 84 valence electrons. The molecule has 3 nitrogen and oxygen atoms in total. The normalized spacial score (nSPS) is 10.3. The zero-order chi connectivity index (χ0) is 11.1. The minimum absolute atomic E-state index is 0.259. The van der Waals surface area contributed by atoms with E-state index < -0.39 is 0 Å². The van der Waals surface area contributed by atoms with Gasteiger partial charge in [0.25, 0.3) is 0 Å². The molecule has 0 fully saturated rings. The second-order valence-corrected chi connectivity index (χ2v) is 3.64. The molecule has 0 saturated carbocycles. The Labute approximate surface area is 90.3 Å². The van der Waals surface area contributed by atoms with Crippen LogP contribution in [0.4, 0.5) is 10.2 Å². The number of nitrogens with zero attached hydrogens (tertiary/aromatic N) is 2. The molecule has 0 spiro atoms. The number of alkyl halides is 1. The van der Waals surface area contributed by atoms with E-state index in [4.69, 9.17) is 0 Å². The second-order valence-electron chi connectivity index (χ2n) is 3.64. The summed E-state index contributed by atoms with van der Waals surface area (Å²) in [6.07, 6.45) is 2.42. The first-order valence-electron chi connectivity index (χ1n) is 5.13. The molecule has 0 atom stereocenters. The van der Waals surface area contributed by atoms with Gasteiger partial charge >= 0.3 is 0 Å². The Balaban J connectivity index is 2.36. The van der Waals surface area contributed by atoms with Crippen LogP contribution >= 0.6 is 0 Å². The van der Waals surface area contributed by atoms with Crippen LogP contribution in [0.5, 0.6) is 0 Å². The van der Waals surface area contributed by atoms with Crippen molar-refractivity contribution in [1.82, 2.24) is 10.3 Å². The first kappa shape index (κ1) is 11.9. The van der Waals surface area contributed by atoms with E-state index in [0.717, 1.165) is 17.9 Å². The van der Waals surface area contributed by atoms with Crippen molar-refractivity contribution in [3.05, 3.63) is 23.9 Å². The fourth-order valence-electron chi connectivity index (χ4n) is 1.21. The molecule has 1 heterocycles. The van der Waals surface area contributed by atoms with Crippen LogP contribution in [0.3, 0.4) is 0 Å². The summed E-state index contributed by atoms with van der Waals surface area (Å²) in [5.41, 5.74) is 1.12. The van der Waals surface area contributed by atoms with Gasteiger partial charge in [-0.3, -0.25) is 4.39 Å². The largest absolute Gasteiger partial charge is 0.363 e. The lowest BCUT2D eigenvalue weighted by molar-refractivity contribution is 0.459. The topological polar surface area (TPSA) is 28.2 Å². The predicted molar refractivity (Wildman–Crippen MR) is 60.9 cm³/mol. The molecular weight excluding hydrogens is 193 g/mol. The van der Waals surface area contributed by atoms with E-state index in [-0.39, 0.29) is 6.67 Å². The van der Waals surface area contributed by atoms with E-state index in [0.29, 0.717) is 13.0 Å². The van der Waals surface area contributed by atoms with Crippen LogP contribution in [-0.2, 0) is 6.54 Å².